The molecule has 0 aromatic heterocycles. The molecule has 3 nitrogen and oxygen atoms in total. The van der Waals surface area contributed by atoms with Crippen LogP contribution in [0.15, 0.2) is 0 Å². The fourth-order valence-corrected chi connectivity index (χ4v) is 3.55. The molecule has 2 aliphatic heterocycles. The van der Waals surface area contributed by atoms with Crippen LogP contribution in [0.25, 0.3) is 0 Å². The van der Waals surface area contributed by atoms with E-state index in [0.717, 1.165) is 38.0 Å². The number of nitrogens with two attached hydrogens (primary N) is 1. The van der Waals surface area contributed by atoms with Gasteiger partial charge in [-0.15, -0.1) is 0 Å². The lowest BCUT2D eigenvalue weighted by atomic mass is 9.79. The summed E-state index contributed by atoms with van der Waals surface area (Å²) in [4.78, 5) is 2.67. The first-order valence-electron chi connectivity index (χ1n) is 7.13. The van der Waals surface area contributed by atoms with Crippen LogP contribution in [0.5, 0.6) is 0 Å². The fraction of sp³-hybridized carbons (Fsp3) is 1.00. The van der Waals surface area contributed by atoms with Crippen molar-refractivity contribution in [1.29, 1.82) is 0 Å². The first-order valence-corrected chi connectivity index (χ1v) is 7.13. The zero-order chi connectivity index (χ0) is 12.5. The summed E-state index contributed by atoms with van der Waals surface area (Å²) in [5.74, 6) is 2.21. The van der Waals surface area contributed by atoms with Crippen molar-refractivity contribution in [3.05, 3.63) is 0 Å². The second-order valence-electron chi connectivity index (χ2n) is 6.27. The average Bonchev–Trinajstić information content (AvgIpc) is 2.80. The summed E-state index contributed by atoms with van der Waals surface area (Å²) in [5, 5.41) is 0. The molecule has 3 atom stereocenters. The summed E-state index contributed by atoms with van der Waals surface area (Å²) in [5.41, 5.74) is 6.34. The Balaban J connectivity index is 2.08. The Bertz CT molecular complexity index is 257. The minimum atomic E-state index is 0.210. The van der Waals surface area contributed by atoms with Gasteiger partial charge in [0.1, 0.15) is 0 Å². The lowest BCUT2D eigenvalue weighted by Crippen LogP contribution is -2.60. The number of rotatable bonds is 3. The molecule has 100 valence electrons. The van der Waals surface area contributed by atoms with Gasteiger partial charge in [0, 0.05) is 25.2 Å². The van der Waals surface area contributed by atoms with Crippen LogP contribution in [0.4, 0.5) is 0 Å². The minimum absolute atomic E-state index is 0.210. The second-order valence-corrected chi connectivity index (χ2v) is 6.27. The number of nitrogens with zero attached hydrogens (tertiary/aromatic N) is 1. The molecule has 0 aromatic carbocycles. The highest BCUT2D eigenvalue weighted by Crippen LogP contribution is 2.37. The van der Waals surface area contributed by atoms with Crippen molar-refractivity contribution in [2.24, 2.45) is 23.5 Å². The molecule has 0 aliphatic carbocycles. The Kier molecular flexibility index (Phi) is 4.11. The summed E-state index contributed by atoms with van der Waals surface area (Å²) in [6, 6.07) is 0. The van der Waals surface area contributed by atoms with Crippen molar-refractivity contribution in [1.82, 2.24) is 4.90 Å². The number of likely N-dealkylation sites (tertiary alicyclic amines) is 1. The molecule has 3 heteroatoms. The van der Waals surface area contributed by atoms with Crippen LogP contribution in [-0.2, 0) is 4.74 Å². The molecular formula is C14H28N2O. The third-order valence-corrected chi connectivity index (χ3v) is 5.12. The Morgan fingerprint density at radius 1 is 1.47 bits per heavy atom. The van der Waals surface area contributed by atoms with Gasteiger partial charge in [0.05, 0.1) is 6.61 Å². The molecule has 0 bridgehead atoms. The SMILES string of the molecule is CC(C)C1CCN(C2(CN)CCOCC2C)C1. The zero-order valence-corrected chi connectivity index (χ0v) is 11.6. The molecule has 2 rings (SSSR count). The van der Waals surface area contributed by atoms with Crippen LogP contribution in [0.1, 0.15) is 33.6 Å². The van der Waals surface area contributed by atoms with Crippen LogP contribution < -0.4 is 5.73 Å². The Hall–Kier alpha value is -0.120. The third-order valence-electron chi connectivity index (χ3n) is 5.12. The van der Waals surface area contributed by atoms with Crippen LogP contribution in [0, 0.1) is 17.8 Å². The van der Waals surface area contributed by atoms with Gasteiger partial charge in [0.2, 0.25) is 0 Å². The Morgan fingerprint density at radius 3 is 2.76 bits per heavy atom. The highest BCUT2D eigenvalue weighted by molar-refractivity contribution is 5.00. The van der Waals surface area contributed by atoms with E-state index in [0.29, 0.717) is 5.92 Å². The van der Waals surface area contributed by atoms with E-state index in [2.05, 4.69) is 25.7 Å². The molecule has 0 amide bonds. The average molecular weight is 240 g/mol. The lowest BCUT2D eigenvalue weighted by Gasteiger charge is -2.48. The monoisotopic (exact) mass is 240 g/mol. The van der Waals surface area contributed by atoms with Crippen molar-refractivity contribution in [3.8, 4) is 0 Å². The normalized spacial score (nSPS) is 40.1. The van der Waals surface area contributed by atoms with E-state index in [4.69, 9.17) is 10.5 Å². The molecule has 0 spiro atoms. The fourth-order valence-electron chi connectivity index (χ4n) is 3.55. The van der Waals surface area contributed by atoms with Gasteiger partial charge >= 0.3 is 0 Å². The van der Waals surface area contributed by atoms with Gasteiger partial charge in [-0.05, 0) is 37.1 Å². The zero-order valence-electron chi connectivity index (χ0n) is 11.6. The van der Waals surface area contributed by atoms with Crippen molar-refractivity contribution < 1.29 is 4.74 Å². The van der Waals surface area contributed by atoms with E-state index in [1.54, 1.807) is 0 Å². The van der Waals surface area contributed by atoms with Gasteiger partial charge in [-0.1, -0.05) is 20.8 Å². The predicted octanol–water partition coefficient (Wildman–Crippen LogP) is 1.72. The smallest absolute Gasteiger partial charge is 0.0509 e. The van der Waals surface area contributed by atoms with Crippen LogP contribution in [0.2, 0.25) is 0 Å². The topological polar surface area (TPSA) is 38.5 Å². The van der Waals surface area contributed by atoms with E-state index in [1.165, 1.54) is 19.5 Å². The molecule has 3 unspecified atom stereocenters. The van der Waals surface area contributed by atoms with Crippen LogP contribution in [0.3, 0.4) is 0 Å². The largest absolute Gasteiger partial charge is 0.381 e. The van der Waals surface area contributed by atoms with E-state index < -0.39 is 0 Å². The number of ether oxygens (including phenoxy) is 1. The number of hydrogen-bond acceptors (Lipinski definition) is 3. The maximum absolute atomic E-state index is 6.13. The second kappa shape index (κ2) is 5.25. The van der Waals surface area contributed by atoms with Crippen molar-refractivity contribution in [2.75, 3.05) is 32.8 Å². The molecule has 0 aromatic rings. The summed E-state index contributed by atoms with van der Waals surface area (Å²) in [6.07, 6.45) is 2.45. The first kappa shape index (κ1) is 13.3. The van der Waals surface area contributed by atoms with Gasteiger partial charge in [0.25, 0.3) is 0 Å². The molecule has 2 N–H and O–H groups in total. The quantitative estimate of drug-likeness (QED) is 0.816. The highest BCUT2D eigenvalue weighted by atomic mass is 16.5. The van der Waals surface area contributed by atoms with Crippen molar-refractivity contribution in [3.63, 3.8) is 0 Å². The first-order chi connectivity index (χ1) is 8.10. The Labute approximate surface area is 106 Å². The summed E-state index contributed by atoms with van der Waals surface area (Å²) in [7, 11) is 0. The van der Waals surface area contributed by atoms with Gasteiger partial charge in [-0.25, -0.2) is 0 Å². The van der Waals surface area contributed by atoms with E-state index in [9.17, 15) is 0 Å². The predicted molar refractivity (Wildman–Crippen MR) is 70.9 cm³/mol. The summed E-state index contributed by atoms with van der Waals surface area (Å²) < 4.78 is 5.59. The van der Waals surface area contributed by atoms with Crippen molar-refractivity contribution >= 4 is 0 Å². The van der Waals surface area contributed by atoms with Crippen molar-refractivity contribution in [2.45, 2.75) is 39.2 Å². The number of hydrogen-bond donors (Lipinski definition) is 1. The third kappa shape index (κ3) is 2.38. The summed E-state index contributed by atoms with van der Waals surface area (Å²) in [6.45, 7) is 12.0. The molecule has 2 saturated heterocycles. The standard InChI is InChI=1S/C14H28N2O/c1-11(2)13-4-6-16(8-13)14(10-15)5-7-17-9-12(14)3/h11-13H,4-10,15H2,1-3H3. The van der Waals surface area contributed by atoms with Gasteiger partial charge in [-0.3, -0.25) is 4.90 Å². The molecular weight excluding hydrogens is 212 g/mol. The molecule has 2 heterocycles. The lowest BCUT2D eigenvalue weighted by molar-refractivity contribution is -0.0591. The maximum atomic E-state index is 6.13. The molecule has 17 heavy (non-hydrogen) atoms. The molecule has 2 fully saturated rings. The van der Waals surface area contributed by atoms with E-state index in [-0.39, 0.29) is 5.54 Å². The highest BCUT2D eigenvalue weighted by Gasteiger charge is 2.45. The summed E-state index contributed by atoms with van der Waals surface area (Å²) >= 11 is 0. The van der Waals surface area contributed by atoms with E-state index in [1.807, 2.05) is 0 Å². The minimum Gasteiger partial charge on any atom is -0.381 e. The van der Waals surface area contributed by atoms with Gasteiger partial charge < -0.3 is 10.5 Å². The molecule has 2 aliphatic rings. The molecule has 0 saturated carbocycles. The van der Waals surface area contributed by atoms with Crippen LogP contribution >= 0.6 is 0 Å². The van der Waals surface area contributed by atoms with Gasteiger partial charge in [-0.2, -0.15) is 0 Å². The van der Waals surface area contributed by atoms with Crippen LogP contribution in [-0.4, -0.2) is 43.3 Å². The van der Waals surface area contributed by atoms with E-state index >= 15 is 0 Å². The maximum Gasteiger partial charge on any atom is 0.0509 e. The Morgan fingerprint density at radius 2 is 2.24 bits per heavy atom. The molecule has 0 radical (unpaired) electrons. The van der Waals surface area contributed by atoms with Gasteiger partial charge in [0.15, 0.2) is 0 Å².